The largest absolute Gasteiger partial charge is 0.480 e. The Morgan fingerprint density at radius 1 is 1.03 bits per heavy atom. The summed E-state index contributed by atoms with van der Waals surface area (Å²) < 4.78 is 11.1. The smallest absolute Gasteiger partial charge is 0.340 e. The molecule has 170 valence electrons. The van der Waals surface area contributed by atoms with E-state index in [-0.39, 0.29) is 17.9 Å². The lowest BCUT2D eigenvalue weighted by Crippen LogP contribution is -2.48. The van der Waals surface area contributed by atoms with Crippen LogP contribution < -0.4 is 16.3 Å². The molecule has 2 aromatic heterocycles. The third-order valence-electron chi connectivity index (χ3n) is 5.57. The number of hydrogen-bond donors (Lipinski definition) is 3. The monoisotopic (exact) mass is 442 g/mol. The van der Waals surface area contributed by atoms with Crippen molar-refractivity contribution < 1.29 is 28.3 Å². The number of fused-ring (bicyclic) bond motifs is 2. The summed E-state index contributed by atoms with van der Waals surface area (Å²) in [6.45, 7) is 8.40. The lowest BCUT2D eigenvalue weighted by molar-refractivity contribution is -0.143. The van der Waals surface area contributed by atoms with E-state index in [4.69, 9.17) is 13.9 Å². The topological polar surface area (TPSA) is 139 Å². The first kappa shape index (κ1) is 23.1. The molecule has 32 heavy (non-hydrogen) atoms. The Kier molecular flexibility index (Phi) is 6.38. The fourth-order valence-corrected chi connectivity index (χ4v) is 3.66. The minimum Gasteiger partial charge on any atom is -0.480 e. The van der Waals surface area contributed by atoms with Gasteiger partial charge in [-0.15, -0.1) is 0 Å². The molecule has 0 fully saturated rings. The molecule has 3 N–H and O–H groups in total. The minimum absolute atomic E-state index is 0.195. The molecule has 0 bridgehead atoms. The maximum absolute atomic E-state index is 12.6. The van der Waals surface area contributed by atoms with Crippen LogP contribution in [-0.2, 0) is 20.8 Å². The molecule has 3 aromatic rings. The van der Waals surface area contributed by atoms with Gasteiger partial charge >= 0.3 is 11.6 Å². The SMILES string of the molecule is Cc1coc2c(C)c3oc(=O)c(CC(=O)NCC(=O)NC(C(=O)O)C(C)C)c(C)c3cc12. The number of benzene rings is 1. The van der Waals surface area contributed by atoms with Gasteiger partial charge in [-0.3, -0.25) is 9.59 Å². The number of carboxylic acids is 1. The van der Waals surface area contributed by atoms with Crippen LogP contribution in [0, 0.1) is 26.7 Å². The number of amides is 2. The zero-order chi connectivity index (χ0) is 23.7. The highest BCUT2D eigenvalue weighted by Gasteiger charge is 2.24. The maximum atomic E-state index is 12.6. The molecular formula is C23H26N2O7. The zero-order valence-corrected chi connectivity index (χ0v) is 18.6. The summed E-state index contributed by atoms with van der Waals surface area (Å²) >= 11 is 0. The van der Waals surface area contributed by atoms with Gasteiger partial charge in [-0.25, -0.2) is 9.59 Å². The summed E-state index contributed by atoms with van der Waals surface area (Å²) in [7, 11) is 0. The van der Waals surface area contributed by atoms with Gasteiger partial charge in [-0.2, -0.15) is 0 Å². The number of aliphatic carboxylic acids is 1. The van der Waals surface area contributed by atoms with Crippen LogP contribution >= 0.6 is 0 Å². The molecule has 3 rings (SSSR count). The van der Waals surface area contributed by atoms with Gasteiger partial charge in [0, 0.05) is 16.3 Å². The van der Waals surface area contributed by atoms with E-state index in [0.717, 1.165) is 10.9 Å². The van der Waals surface area contributed by atoms with Crippen molar-refractivity contribution in [2.24, 2.45) is 5.92 Å². The highest BCUT2D eigenvalue weighted by atomic mass is 16.4. The van der Waals surface area contributed by atoms with E-state index in [1.165, 1.54) is 0 Å². The van der Waals surface area contributed by atoms with Crippen molar-refractivity contribution in [3.63, 3.8) is 0 Å². The van der Waals surface area contributed by atoms with E-state index in [1.54, 1.807) is 27.0 Å². The second kappa shape index (κ2) is 8.86. The predicted molar refractivity (Wildman–Crippen MR) is 118 cm³/mol. The Labute approximate surface area is 183 Å². The van der Waals surface area contributed by atoms with Crippen molar-refractivity contribution in [3.05, 3.63) is 45.0 Å². The van der Waals surface area contributed by atoms with Crippen molar-refractivity contribution in [2.45, 2.75) is 47.1 Å². The minimum atomic E-state index is -1.15. The molecular weight excluding hydrogens is 416 g/mol. The van der Waals surface area contributed by atoms with Crippen LogP contribution in [0.25, 0.3) is 21.9 Å². The third-order valence-corrected chi connectivity index (χ3v) is 5.57. The number of rotatable bonds is 7. The molecule has 9 nitrogen and oxygen atoms in total. The van der Waals surface area contributed by atoms with Crippen molar-refractivity contribution >= 4 is 39.7 Å². The number of furan rings is 1. The second-order valence-electron chi connectivity index (χ2n) is 8.25. The van der Waals surface area contributed by atoms with Gasteiger partial charge in [-0.1, -0.05) is 13.8 Å². The van der Waals surface area contributed by atoms with Gasteiger partial charge < -0.3 is 24.6 Å². The van der Waals surface area contributed by atoms with E-state index in [0.29, 0.717) is 27.7 Å². The number of carboxylic acid groups (broad SMARTS) is 1. The van der Waals surface area contributed by atoms with Crippen LogP contribution in [0.4, 0.5) is 0 Å². The van der Waals surface area contributed by atoms with Crippen molar-refractivity contribution in [3.8, 4) is 0 Å². The standard InChI is InChI=1S/C23H26N2O7/c1-10(2)19(22(28)29)25-18(27)8-24-17(26)7-16-12(4)15-6-14-11(3)9-31-20(14)13(5)21(15)32-23(16)30/h6,9-10,19H,7-8H2,1-5H3,(H,24,26)(H,25,27)(H,28,29). The predicted octanol–water partition coefficient (Wildman–Crippen LogP) is 2.35. The van der Waals surface area contributed by atoms with Gasteiger partial charge in [-0.05, 0) is 43.9 Å². The van der Waals surface area contributed by atoms with Gasteiger partial charge in [0.2, 0.25) is 11.8 Å². The van der Waals surface area contributed by atoms with Crippen LogP contribution in [0.1, 0.15) is 36.1 Å². The molecule has 0 saturated carbocycles. The Morgan fingerprint density at radius 2 is 1.72 bits per heavy atom. The summed E-state index contributed by atoms with van der Waals surface area (Å²) in [5.41, 5.74) is 2.89. The molecule has 0 saturated heterocycles. The molecule has 0 aliphatic heterocycles. The lowest BCUT2D eigenvalue weighted by atomic mass is 9.99. The van der Waals surface area contributed by atoms with Crippen molar-refractivity contribution in [2.75, 3.05) is 6.54 Å². The van der Waals surface area contributed by atoms with E-state index in [2.05, 4.69) is 10.6 Å². The van der Waals surface area contributed by atoms with E-state index < -0.39 is 36.0 Å². The highest BCUT2D eigenvalue weighted by Crippen LogP contribution is 2.32. The van der Waals surface area contributed by atoms with Crippen LogP contribution in [0.15, 0.2) is 26.0 Å². The fraction of sp³-hybridized carbons (Fsp3) is 0.391. The summed E-state index contributed by atoms with van der Waals surface area (Å²) in [6, 6.07) is 0.822. The summed E-state index contributed by atoms with van der Waals surface area (Å²) in [5, 5.41) is 15.5. The van der Waals surface area contributed by atoms with Gasteiger partial charge in [0.1, 0.15) is 17.2 Å². The molecule has 1 atom stereocenters. The Morgan fingerprint density at radius 3 is 2.34 bits per heavy atom. The summed E-state index contributed by atoms with van der Waals surface area (Å²) in [6.07, 6.45) is 1.36. The van der Waals surface area contributed by atoms with Gasteiger partial charge in [0.05, 0.1) is 24.8 Å². The highest BCUT2D eigenvalue weighted by molar-refractivity contribution is 6.00. The number of carbonyl (C=O) groups is 3. The Balaban J connectivity index is 1.80. The lowest BCUT2D eigenvalue weighted by Gasteiger charge is -2.18. The van der Waals surface area contributed by atoms with E-state index >= 15 is 0 Å². The first-order chi connectivity index (χ1) is 15.0. The van der Waals surface area contributed by atoms with Crippen LogP contribution in [0.2, 0.25) is 0 Å². The molecule has 0 radical (unpaired) electrons. The Bertz CT molecular complexity index is 1280. The molecule has 0 aliphatic carbocycles. The van der Waals surface area contributed by atoms with Crippen molar-refractivity contribution in [1.82, 2.24) is 10.6 Å². The molecule has 0 spiro atoms. The normalized spacial score (nSPS) is 12.3. The average molecular weight is 442 g/mol. The second-order valence-corrected chi connectivity index (χ2v) is 8.25. The molecule has 1 aromatic carbocycles. The summed E-state index contributed by atoms with van der Waals surface area (Å²) in [4.78, 5) is 48.2. The van der Waals surface area contributed by atoms with Gasteiger partial charge in [0.25, 0.3) is 0 Å². The molecule has 2 amide bonds. The number of hydrogen-bond acceptors (Lipinski definition) is 6. The van der Waals surface area contributed by atoms with E-state index in [1.807, 2.05) is 19.9 Å². The van der Waals surface area contributed by atoms with Crippen LogP contribution in [-0.4, -0.2) is 35.5 Å². The quantitative estimate of drug-likeness (QED) is 0.477. The van der Waals surface area contributed by atoms with Crippen LogP contribution in [0.5, 0.6) is 0 Å². The van der Waals surface area contributed by atoms with E-state index in [9.17, 15) is 19.2 Å². The molecule has 2 heterocycles. The van der Waals surface area contributed by atoms with Gasteiger partial charge in [0.15, 0.2) is 0 Å². The molecule has 0 aliphatic rings. The Hall–Kier alpha value is -3.62. The summed E-state index contributed by atoms with van der Waals surface area (Å²) in [5.74, 6) is -2.65. The third kappa shape index (κ3) is 4.37. The molecule has 9 heteroatoms. The number of carbonyl (C=O) groups excluding carboxylic acids is 2. The van der Waals surface area contributed by atoms with Crippen molar-refractivity contribution in [1.29, 1.82) is 0 Å². The average Bonchev–Trinajstić information content (AvgIpc) is 3.09. The number of nitrogens with one attached hydrogen (secondary N) is 2. The number of aryl methyl sites for hydroxylation is 3. The fourth-order valence-electron chi connectivity index (χ4n) is 3.66. The zero-order valence-electron chi connectivity index (χ0n) is 18.6. The molecule has 1 unspecified atom stereocenters. The maximum Gasteiger partial charge on any atom is 0.340 e. The van der Waals surface area contributed by atoms with Crippen LogP contribution in [0.3, 0.4) is 0 Å². The first-order valence-corrected chi connectivity index (χ1v) is 10.2. The first-order valence-electron chi connectivity index (χ1n) is 10.2.